The summed E-state index contributed by atoms with van der Waals surface area (Å²) < 4.78 is 6.30. The van der Waals surface area contributed by atoms with Crippen LogP contribution in [0.4, 0.5) is 0 Å². The van der Waals surface area contributed by atoms with E-state index in [0.29, 0.717) is 5.46 Å². The van der Waals surface area contributed by atoms with E-state index < -0.39 is 5.41 Å². The van der Waals surface area contributed by atoms with Gasteiger partial charge in [-0.15, -0.1) is 0 Å². The number of hydrogen-bond donors (Lipinski definition) is 0. The maximum absolute atomic E-state index is 6.36. The van der Waals surface area contributed by atoms with Gasteiger partial charge in [0.1, 0.15) is 19.3 Å². The lowest BCUT2D eigenvalue weighted by Gasteiger charge is -2.40. The van der Waals surface area contributed by atoms with E-state index in [2.05, 4.69) is 66.7 Å². The highest BCUT2D eigenvalue weighted by atomic mass is 16.5. The number of rotatable bonds is 0. The maximum Gasteiger partial charge on any atom is 0.132 e. The van der Waals surface area contributed by atoms with E-state index in [1.807, 2.05) is 24.3 Å². The summed E-state index contributed by atoms with van der Waals surface area (Å²) in [5.41, 5.74) is 7.66. The molecule has 27 heavy (non-hydrogen) atoms. The van der Waals surface area contributed by atoms with E-state index in [1.54, 1.807) is 0 Å². The van der Waals surface area contributed by atoms with Crippen LogP contribution < -0.4 is 10.2 Å². The molecule has 2 radical (unpaired) electrons. The van der Waals surface area contributed by atoms with Gasteiger partial charge in [-0.2, -0.15) is 0 Å². The average Bonchev–Trinajstić information content (AvgIpc) is 3.01. The molecule has 6 rings (SSSR count). The first-order valence-electron chi connectivity index (χ1n) is 9.17. The zero-order chi connectivity index (χ0) is 18.0. The summed E-state index contributed by atoms with van der Waals surface area (Å²) in [6.45, 7) is 0. The second-order valence-corrected chi connectivity index (χ2v) is 7.16. The van der Waals surface area contributed by atoms with Crippen molar-refractivity contribution in [3.05, 3.63) is 113 Å². The van der Waals surface area contributed by atoms with E-state index in [0.717, 1.165) is 17.1 Å². The number of para-hydroxylation sites is 2. The van der Waals surface area contributed by atoms with E-state index in [4.69, 9.17) is 12.6 Å². The van der Waals surface area contributed by atoms with Gasteiger partial charge in [-0.25, -0.2) is 0 Å². The van der Waals surface area contributed by atoms with Crippen molar-refractivity contribution in [2.75, 3.05) is 0 Å². The third-order valence-corrected chi connectivity index (χ3v) is 5.90. The molecule has 1 aliphatic carbocycles. The zero-order valence-corrected chi connectivity index (χ0v) is 14.6. The summed E-state index contributed by atoms with van der Waals surface area (Å²) in [6.07, 6.45) is 0. The molecule has 124 valence electrons. The number of fused-ring (bicyclic) bond motifs is 9. The Morgan fingerprint density at radius 2 is 1.11 bits per heavy atom. The summed E-state index contributed by atoms with van der Waals surface area (Å²) in [6, 6.07) is 31.8. The second-order valence-electron chi connectivity index (χ2n) is 7.16. The summed E-state index contributed by atoms with van der Waals surface area (Å²) >= 11 is 0. The molecule has 4 aromatic rings. The smallest absolute Gasteiger partial charge is 0.132 e. The van der Waals surface area contributed by atoms with Crippen LogP contribution in [0.15, 0.2) is 91.0 Å². The SMILES string of the molecule is [B]c1cccc2c1Oc1ccccc1C21c2ccccc2-c2ccccc21. The molecular weight excluding hydrogens is 327 g/mol. The van der Waals surface area contributed by atoms with Gasteiger partial charge in [0, 0.05) is 11.1 Å². The largest absolute Gasteiger partial charge is 0.457 e. The molecule has 0 atom stereocenters. The summed E-state index contributed by atoms with van der Waals surface area (Å²) in [5, 5.41) is 0. The highest BCUT2D eigenvalue weighted by Gasteiger charge is 2.50. The minimum atomic E-state index is -0.410. The predicted molar refractivity (Wildman–Crippen MR) is 109 cm³/mol. The number of benzene rings is 4. The van der Waals surface area contributed by atoms with Crippen LogP contribution in [0.3, 0.4) is 0 Å². The topological polar surface area (TPSA) is 9.23 Å². The third kappa shape index (κ3) is 1.71. The van der Waals surface area contributed by atoms with Gasteiger partial charge in [-0.1, -0.05) is 90.4 Å². The fourth-order valence-corrected chi connectivity index (χ4v) is 4.90. The minimum Gasteiger partial charge on any atom is -0.457 e. The lowest BCUT2D eigenvalue weighted by atomic mass is 9.65. The van der Waals surface area contributed by atoms with Crippen molar-refractivity contribution in [1.29, 1.82) is 0 Å². The summed E-state index contributed by atoms with van der Waals surface area (Å²) in [7, 11) is 6.36. The first-order chi connectivity index (χ1) is 13.3. The van der Waals surface area contributed by atoms with E-state index in [9.17, 15) is 0 Å². The molecule has 0 saturated carbocycles. The van der Waals surface area contributed by atoms with Crippen molar-refractivity contribution in [2.45, 2.75) is 5.41 Å². The highest BCUT2D eigenvalue weighted by Crippen LogP contribution is 2.61. The predicted octanol–water partition coefficient (Wildman–Crippen LogP) is 4.95. The maximum atomic E-state index is 6.36. The molecule has 2 heteroatoms. The second kappa shape index (κ2) is 5.14. The van der Waals surface area contributed by atoms with Crippen molar-refractivity contribution in [1.82, 2.24) is 0 Å². The van der Waals surface area contributed by atoms with Crippen LogP contribution in [0.2, 0.25) is 0 Å². The lowest BCUT2D eigenvalue weighted by molar-refractivity contribution is 0.440. The molecule has 1 spiro atoms. The molecule has 0 bridgehead atoms. The molecule has 0 N–H and O–H groups in total. The molecule has 1 heterocycles. The zero-order valence-electron chi connectivity index (χ0n) is 14.6. The Morgan fingerprint density at radius 3 is 1.81 bits per heavy atom. The van der Waals surface area contributed by atoms with Crippen molar-refractivity contribution >= 4 is 13.3 Å². The van der Waals surface area contributed by atoms with Crippen molar-refractivity contribution in [3.8, 4) is 22.6 Å². The Hall–Kier alpha value is -3.26. The molecular formula is C25H15BO. The van der Waals surface area contributed by atoms with Gasteiger partial charge in [-0.05, 0) is 28.3 Å². The Morgan fingerprint density at radius 1 is 0.556 bits per heavy atom. The van der Waals surface area contributed by atoms with Gasteiger partial charge in [-0.3, -0.25) is 0 Å². The fraction of sp³-hybridized carbons (Fsp3) is 0.0400. The van der Waals surface area contributed by atoms with Crippen LogP contribution in [0.1, 0.15) is 22.3 Å². The quantitative estimate of drug-likeness (QED) is 0.355. The van der Waals surface area contributed by atoms with Gasteiger partial charge in [0.2, 0.25) is 0 Å². The van der Waals surface area contributed by atoms with Crippen LogP contribution >= 0.6 is 0 Å². The molecule has 2 aliphatic rings. The summed E-state index contributed by atoms with van der Waals surface area (Å²) in [5.74, 6) is 1.64. The van der Waals surface area contributed by atoms with E-state index in [1.165, 1.54) is 27.8 Å². The highest BCUT2D eigenvalue weighted by molar-refractivity contribution is 6.34. The Labute approximate surface area is 159 Å². The normalized spacial score (nSPS) is 14.7. The van der Waals surface area contributed by atoms with Crippen LogP contribution in [-0.2, 0) is 5.41 Å². The number of hydrogen-bond acceptors (Lipinski definition) is 1. The molecule has 0 fully saturated rings. The standard InChI is InChI=1S/C25H15BO/c26-22-14-7-13-21-24(22)27-23-15-6-5-12-20(23)25(21)18-10-3-1-8-16(18)17-9-2-4-11-19(17)25/h1-15H. The monoisotopic (exact) mass is 342 g/mol. The Bertz CT molecular complexity index is 1180. The van der Waals surface area contributed by atoms with Crippen molar-refractivity contribution in [3.63, 3.8) is 0 Å². The van der Waals surface area contributed by atoms with Crippen molar-refractivity contribution < 1.29 is 4.74 Å². The van der Waals surface area contributed by atoms with Gasteiger partial charge < -0.3 is 4.74 Å². The molecule has 0 unspecified atom stereocenters. The Balaban J connectivity index is 1.87. The average molecular weight is 342 g/mol. The van der Waals surface area contributed by atoms with Crippen LogP contribution in [0.5, 0.6) is 11.5 Å². The minimum absolute atomic E-state index is 0.410. The van der Waals surface area contributed by atoms with Gasteiger partial charge in [0.05, 0.1) is 5.41 Å². The summed E-state index contributed by atoms with van der Waals surface area (Å²) in [4.78, 5) is 0. The van der Waals surface area contributed by atoms with Gasteiger partial charge in [0.25, 0.3) is 0 Å². The molecule has 0 saturated heterocycles. The lowest BCUT2D eigenvalue weighted by Crippen LogP contribution is -2.34. The molecule has 4 aromatic carbocycles. The molecule has 1 aliphatic heterocycles. The first-order valence-corrected chi connectivity index (χ1v) is 9.17. The van der Waals surface area contributed by atoms with Crippen molar-refractivity contribution in [2.24, 2.45) is 0 Å². The van der Waals surface area contributed by atoms with Crippen LogP contribution in [0.25, 0.3) is 11.1 Å². The Kier molecular flexibility index (Phi) is 2.83. The van der Waals surface area contributed by atoms with Crippen LogP contribution in [-0.4, -0.2) is 7.85 Å². The molecule has 0 aromatic heterocycles. The van der Waals surface area contributed by atoms with Gasteiger partial charge >= 0.3 is 0 Å². The van der Waals surface area contributed by atoms with Gasteiger partial charge in [0.15, 0.2) is 0 Å². The van der Waals surface area contributed by atoms with E-state index in [-0.39, 0.29) is 0 Å². The van der Waals surface area contributed by atoms with Crippen LogP contribution in [0, 0.1) is 0 Å². The third-order valence-electron chi connectivity index (χ3n) is 5.90. The molecule has 0 amide bonds. The van der Waals surface area contributed by atoms with E-state index >= 15 is 0 Å². The molecule has 1 nitrogen and oxygen atoms in total. The number of ether oxygens (including phenoxy) is 1. The fourth-order valence-electron chi connectivity index (χ4n) is 4.90. The first kappa shape index (κ1) is 14.9.